The first-order valence-corrected chi connectivity index (χ1v) is 4.41. The first kappa shape index (κ1) is 10.9. The molecule has 0 aliphatic rings. The smallest absolute Gasteiger partial charge is 0.0972 e. The minimum atomic E-state index is -0.0147. The SMILES string of the molecule is CCCCNCOC(C)(C)C. The molecule has 0 unspecified atom stereocenters. The zero-order chi connectivity index (χ0) is 8.74. The van der Waals surface area contributed by atoms with Crippen LogP contribution in [0.15, 0.2) is 0 Å². The standard InChI is InChI=1S/C9H21NO/c1-5-6-7-10-8-11-9(2,3)4/h10H,5-8H2,1-4H3. The van der Waals surface area contributed by atoms with E-state index in [1.165, 1.54) is 12.8 Å². The molecule has 11 heavy (non-hydrogen) atoms. The monoisotopic (exact) mass is 159 g/mol. The quantitative estimate of drug-likeness (QED) is 0.490. The van der Waals surface area contributed by atoms with Crippen molar-refractivity contribution >= 4 is 0 Å². The summed E-state index contributed by atoms with van der Waals surface area (Å²) in [6, 6.07) is 0. The average Bonchev–Trinajstić information content (AvgIpc) is 1.85. The Morgan fingerprint density at radius 1 is 1.27 bits per heavy atom. The molecule has 68 valence electrons. The van der Waals surface area contributed by atoms with E-state index in [1.807, 2.05) is 0 Å². The molecule has 0 aromatic rings. The molecular formula is C9H21NO. The molecule has 0 fully saturated rings. The van der Waals surface area contributed by atoms with E-state index >= 15 is 0 Å². The third kappa shape index (κ3) is 9.92. The van der Waals surface area contributed by atoms with Crippen molar-refractivity contribution in [2.45, 2.75) is 46.1 Å². The lowest BCUT2D eigenvalue weighted by Gasteiger charge is -2.19. The molecule has 0 heterocycles. The van der Waals surface area contributed by atoms with Gasteiger partial charge < -0.3 is 4.74 Å². The maximum absolute atomic E-state index is 5.46. The highest BCUT2D eigenvalue weighted by molar-refractivity contribution is 4.57. The van der Waals surface area contributed by atoms with Crippen LogP contribution in [0.1, 0.15) is 40.5 Å². The van der Waals surface area contributed by atoms with Crippen LogP contribution in [0.3, 0.4) is 0 Å². The summed E-state index contributed by atoms with van der Waals surface area (Å²) in [5, 5.41) is 3.22. The Morgan fingerprint density at radius 2 is 1.91 bits per heavy atom. The summed E-state index contributed by atoms with van der Waals surface area (Å²) in [7, 11) is 0. The molecule has 2 nitrogen and oxygen atoms in total. The van der Waals surface area contributed by atoms with E-state index in [9.17, 15) is 0 Å². The Hall–Kier alpha value is -0.0800. The third-order valence-corrected chi connectivity index (χ3v) is 1.31. The molecule has 0 aromatic carbocycles. The number of rotatable bonds is 5. The van der Waals surface area contributed by atoms with Crippen LogP contribution >= 0.6 is 0 Å². The number of unbranched alkanes of at least 4 members (excludes halogenated alkanes) is 1. The van der Waals surface area contributed by atoms with Crippen LogP contribution in [0.25, 0.3) is 0 Å². The van der Waals surface area contributed by atoms with Crippen molar-refractivity contribution in [3.05, 3.63) is 0 Å². The van der Waals surface area contributed by atoms with Crippen molar-refractivity contribution in [1.29, 1.82) is 0 Å². The Morgan fingerprint density at radius 3 is 2.36 bits per heavy atom. The number of ether oxygens (including phenoxy) is 1. The normalized spacial score (nSPS) is 12.0. The minimum Gasteiger partial charge on any atom is -0.361 e. The Bertz CT molecular complexity index is 86.1. The second-order valence-corrected chi connectivity index (χ2v) is 3.75. The molecule has 0 saturated carbocycles. The summed E-state index contributed by atoms with van der Waals surface area (Å²) in [5.41, 5.74) is -0.0147. The molecule has 0 radical (unpaired) electrons. The molecule has 1 N–H and O–H groups in total. The fourth-order valence-electron chi connectivity index (χ4n) is 0.641. The van der Waals surface area contributed by atoms with Crippen LogP contribution in [0.4, 0.5) is 0 Å². The van der Waals surface area contributed by atoms with Crippen LogP contribution < -0.4 is 5.32 Å². The minimum absolute atomic E-state index is 0.0147. The van der Waals surface area contributed by atoms with Crippen LogP contribution in [-0.2, 0) is 4.74 Å². The van der Waals surface area contributed by atoms with E-state index in [-0.39, 0.29) is 5.60 Å². The largest absolute Gasteiger partial charge is 0.361 e. The predicted octanol–water partition coefficient (Wildman–Crippen LogP) is 2.15. The van der Waals surface area contributed by atoms with Gasteiger partial charge in [-0.2, -0.15) is 0 Å². The molecule has 0 aliphatic carbocycles. The summed E-state index contributed by atoms with van der Waals surface area (Å²) in [6.45, 7) is 10.1. The highest BCUT2D eigenvalue weighted by atomic mass is 16.5. The van der Waals surface area contributed by atoms with Crippen LogP contribution in [0, 0.1) is 0 Å². The molecule has 0 bridgehead atoms. The zero-order valence-electron chi connectivity index (χ0n) is 8.24. The van der Waals surface area contributed by atoms with Gasteiger partial charge in [-0.25, -0.2) is 0 Å². The van der Waals surface area contributed by atoms with E-state index in [4.69, 9.17) is 4.74 Å². The lowest BCUT2D eigenvalue weighted by molar-refractivity contribution is -0.0130. The van der Waals surface area contributed by atoms with Gasteiger partial charge in [0, 0.05) is 0 Å². The van der Waals surface area contributed by atoms with Gasteiger partial charge in [-0.1, -0.05) is 13.3 Å². The summed E-state index contributed by atoms with van der Waals surface area (Å²) >= 11 is 0. The van der Waals surface area contributed by atoms with E-state index in [1.54, 1.807) is 0 Å². The third-order valence-electron chi connectivity index (χ3n) is 1.31. The fourth-order valence-corrected chi connectivity index (χ4v) is 0.641. The molecule has 0 rings (SSSR count). The molecule has 0 spiro atoms. The Labute approximate surface area is 70.3 Å². The van der Waals surface area contributed by atoms with Gasteiger partial charge in [-0.3, -0.25) is 5.32 Å². The lowest BCUT2D eigenvalue weighted by atomic mass is 10.2. The van der Waals surface area contributed by atoms with Crippen LogP contribution in [-0.4, -0.2) is 18.9 Å². The highest BCUT2D eigenvalue weighted by Gasteiger charge is 2.08. The maximum Gasteiger partial charge on any atom is 0.0972 e. The van der Waals surface area contributed by atoms with E-state index in [0.717, 1.165) is 6.54 Å². The van der Waals surface area contributed by atoms with Gasteiger partial charge in [-0.15, -0.1) is 0 Å². The molecule has 0 aromatic heterocycles. The Balaban J connectivity index is 3.02. The van der Waals surface area contributed by atoms with Crippen molar-refractivity contribution in [3.63, 3.8) is 0 Å². The van der Waals surface area contributed by atoms with Gasteiger partial charge in [-0.05, 0) is 33.7 Å². The summed E-state index contributed by atoms with van der Waals surface area (Å²) in [6.07, 6.45) is 2.47. The molecular weight excluding hydrogens is 138 g/mol. The van der Waals surface area contributed by atoms with Gasteiger partial charge >= 0.3 is 0 Å². The Kier molecular flexibility index (Phi) is 5.51. The van der Waals surface area contributed by atoms with Crippen LogP contribution in [0.5, 0.6) is 0 Å². The van der Waals surface area contributed by atoms with Crippen molar-refractivity contribution in [1.82, 2.24) is 5.32 Å². The number of hydrogen-bond acceptors (Lipinski definition) is 2. The number of hydrogen-bond donors (Lipinski definition) is 1. The van der Waals surface area contributed by atoms with Gasteiger partial charge in [0.1, 0.15) is 0 Å². The van der Waals surface area contributed by atoms with Crippen molar-refractivity contribution in [2.75, 3.05) is 13.3 Å². The van der Waals surface area contributed by atoms with Gasteiger partial charge in [0.25, 0.3) is 0 Å². The molecule has 0 atom stereocenters. The van der Waals surface area contributed by atoms with Crippen molar-refractivity contribution < 1.29 is 4.74 Å². The summed E-state index contributed by atoms with van der Waals surface area (Å²) in [4.78, 5) is 0. The number of nitrogens with one attached hydrogen (secondary N) is 1. The van der Waals surface area contributed by atoms with E-state index < -0.39 is 0 Å². The first-order valence-electron chi connectivity index (χ1n) is 4.41. The fraction of sp³-hybridized carbons (Fsp3) is 1.00. The second kappa shape index (κ2) is 5.56. The van der Waals surface area contributed by atoms with Crippen molar-refractivity contribution in [3.8, 4) is 0 Å². The van der Waals surface area contributed by atoms with Crippen molar-refractivity contribution in [2.24, 2.45) is 0 Å². The topological polar surface area (TPSA) is 21.3 Å². The first-order chi connectivity index (χ1) is 5.06. The molecule has 0 amide bonds. The predicted molar refractivity (Wildman–Crippen MR) is 48.6 cm³/mol. The summed E-state index contributed by atoms with van der Waals surface area (Å²) in [5.74, 6) is 0. The average molecular weight is 159 g/mol. The van der Waals surface area contributed by atoms with Gasteiger partial charge in [0.05, 0.1) is 12.3 Å². The molecule has 0 saturated heterocycles. The zero-order valence-corrected chi connectivity index (χ0v) is 8.24. The summed E-state index contributed by atoms with van der Waals surface area (Å²) < 4.78 is 5.46. The maximum atomic E-state index is 5.46. The van der Waals surface area contributed by atoms with Gasteiger partial charge in [0.15, 0.2) is 0 Å². The highest BCUT2D eigenvalue weighted by Crippen LogP contribution is 2.04. The van der Waals surface area contributed by atoms with Gasteiger partial charge in [0.2, 0.25) is 0 Å². The van der Waals surface area contributed by atoms with E-state index in [0.29, 0.717) is 6.73 Å². The molecule has 0 aliphatic heterocycles. The lowest BCUT2D eigenvalue weighted by Crippen LogP contribution is -2.28. The molecule has 2 heteroatoms. The van der Waals surface area contributed by atoms with Crippen LogP contribution in [0.2, 0.25) is 0 Å². The van der Waals surface area contributed by atoms with E-state index in [2.05, 4.69) is 33.0 Å². The second-order valence-electron chi connectivity index (χ2n) is 3.75.